The lowest BCUT2D eigenvalue weighted by Crippen LogP contribution is -2.34. The first-order valence-corrected chi connectivity index (χ1v) is 6.36. The van der Waals surface area contributed by atoms with Crippen molar-refractivity contribution in [2.45, 2.75) is 38.6 Å². The molecular weight excluding hydrogens is 212 g/mol. The number of hydrogen-bond donors (Lipinski definition) is 2. The molecule has 1 amide bonds. The molecule has 0 bridgehead atoms. The molecule has 3 heteroatoms. The minimum absolute atomic E-state index is 0.0131. The standard InChI is InChI=1S/C14H20N2O/c1-2-10-6-8-11(9-7-10)16-14(17)12-4-3-5-13(12)15/h6-9,12-13H,2-5,15H2,1H3,(H,16,17). The Morgan fingerprint density at radius 3 is 2.59 bits per heavy atom. The molecule has 2 rings (SSSR count). The number of carbonyl (C=O) groups is 1. The first-order chi connectivity index (χ1) is 8.20. The van der Waals surface area contributed by atoms with Crippen molar-refractivity contribution in [2.75, 3.05) is 5.32 Å². The van der Waals surface area contributed by atoms with Crippen molar-refractivity contribution in [3.05, 3.63) is 29.8 Å². The van der Waals surface area contributed by atoms with Gasteiger partial charge in [0.1, 0.15) is 0 Å². The Bertz CT molecular complexity index is 386. The lowest BCUT2D eigenvalue weighted by Gasteiger charge is -2.15. The smallest absolute Gasteiger partial charge is 0.229 e. The van der Waals surface area contributed by atoms with Gasteiger partial charge in [0, 0.05) is 11.7 Å². The van der Waals surface area contributed by atoms with Gasteiger partial charge in [-0.1, -0.05) is 25.5 Å². The summed E-state index contributed by atoms with van der Waals surface area (Å²) in [7, 11) is 0. The van der Waals surface area contributed by atoms with Gasteiger partial charge in [-0.15, -0.1) is 0 Å². The highest BCUT2D eigenvalue weighted by molar-refractivity contribution is 5.93. The zero-order chi connectivity index (χ0) is 12.3. The Balaban J connectivity index is 1.97. The van der Waals surface area contributed by atoms with Crippen molar-refractivity contribution in [1.29, 1.82) is 0 Å². The quantitative estimate of drug-likeness (QED) is 0.840. The number of hydrogen-bond acceptors (Lipinski definition) is 2. The molecule has 1 saturated carbocycles. The molecule has 1 aromatic carbocycles. The summed E-state index contributed by atoms with van der Waals surface area (Å²) in [5.74, 6) is 0.0556. The lowest BCUT2D eigenvalue weighted by molar-refractivity contribution is -0.120. The predicted molar refractivity (Wildman–Crippen MR) is 69.8 cm³/mol. The van der Waals surface area contributed by atoms with Crippen LogP contribution in [0.3, 0.4) is 0 Å². The van der Waals surface area contributed by atoms with E-state index in [2.05, 4.69) is 12.2 Å². The van der Waals surface area contributed by atoms with Crippen LogP contribution in [0.1, 0.15) is 31.7 Å². The molecule has 1 aliphatic carbocycles. The maximum Gasteiger partial charge on any atom is 0.229 e. The van der Waals surface area contributed by atoms with Crippen molar-refractivity contribution < 1.29 is 4.79 Å². The number of carbonyl (C=O) groups excluding carboxylic acids is 1. The van der Waals surface area contributed by atoms with Crippen LogP contribution in [-0.2, 0) is 11.2 Å². The number of aryl methyl sites for hydroxylation is 1. The Morgan fingerprint density at radius 2 is 2.06 bits per heavy atom. The summed E-state index contributed by atoms with van der Waals surface area (Å²) in [5, 5.41) is 2.95. The first kappa shape index (κ1) is 12.1. The highest BCUT2D eigenvalue weighted by atomic mass is 16.1. The molecule has 0 radical (unpaired) electrons. The summed E-state index contributed by atoms with van der Waals surface area (Å²) in [4.78, 5) is 12.0. The summed E-state index contributed by atoms with van der Waals surface area (Å²) in [6.07, 6.45) is 3.96. The molecular formula is C14H20N2O. The van der Waals surface area contributed by atoms with Gasteiger partial charge in [0.25, 0.3) is 0 Å². The second-order valence-corrected chi connectivity index (χ2v) is 4.74. The normalized spacial score (nSPS) is 23.6. The van der Waals surface area contributed by atoms with Gasteiger partial charge in [-0.05, 0) is 37.0 Å². The molecule has 3 nitrogen and oxygen atoms in total. The molecule has 2 atom stereocenters. The van der Waals surface area contributed by atoms with E-state index in [0.29, 0.717) is 0 Å². The fraction of sp³-hybridized carbons (Fsp3) is 0.500. The Kier molecular flexibility index (Phi) is 3.79. The Hall–Kier alpha value is -1.35. The molecule has 3 N–H and O–H groups in total. The second kappa shape index (κ2) is 5.32. The fourth-order valence-corrected chi connectivity index (χ4v) is 2.37. The van der Waals surface area contributed by atoms with E-state index >= 15 is 0 Å². The van der Waals surface area contributed by atoms with Crippen LogP contribution in [0, 0.1) is 5.92 Å². The highest BCUT2D eigenvalue weighted by Crippen LogP contribution is 2.25. The van der Waals surface area contributed by atoms with E-state index in [1.165, 1.54) is 5.56 Å². The molecule has 1 aromatic rings. The van der Waals surface area contributed by atoms with E-state index < -0.39 is 0 Å². The maximum absolute atomic E-state index is 12.0. The van der Waals surface area contributed by atoms with E-state index in [1.54, 1.807) is 0 Å². The number of benzene rings is 1. The number of nitrogens with one attached hydrogen (secondary N) is 1. The first-order valence-electron chi connectivity index (χ1n) is 6.36. The highest BCUT2D eigenvalue weighted by Gasteiger charge is 2.30. The minimum atomic E-state index is -0.0131. The van der Waals surface area contributed by atoms with Crippen LogP contribution in [-0.4, -0.2) is 11.9 Å². The van der Waals surface area contributed by atoms with Gasteiger partial charge in [0.2, 0.25) is 5.91 Å². The fourth-order valence-electron chi connectivity index (χ4n) is 2.37. The molecule has 0 spiro atoms. The Morgan fingerprint density at radius 1 is 1.35 bits per heavy atom. The molecule has 0 saturated heterocycles. The van der Waals surface area contributed by atoms with Crippen LogP contribution >= 0.6 is 0 Å². The average Bonchev–Trinajstić information content (AvgIpc) is 2.76. The maximum atomic E-state index is 12.0. The number of rotatable bonds is 3. The Labute approximate surface area is 102 Å². The monoisotopic (exact) mass is 232 g/mol. The topological polar surface area (TPSA) is 55.1 Å². The van der Waals surface area contributed by atoms with Crippen LogP contribution in [0.5, 0.6) is 0 Å². The van der Waals surface area contributed by atoms with E-state index in [-0.39, 0.29) is 17.9 Å². The SMILES string of the molecule is CCc1ccc(NC(=O)C2CCCC2N)cc1. The van der Waals surface area contributed by atoms with Crippen LogP contribution in [0.25, 0.3) is 0 Å². The molecule has 0 heterocycles. The summed E-state index contributed by atoms with van der Waals surface area (Å²) in [6, 6.07) is 8.04. The van der Waals surface area contributed by atoms with Crippen molar-refractivity contribution in [3.8, 4) is 0 Å². The van der Waals surface area contributed by atoms with Gasteiger partial charge < -0.3 is 11.1 Å². The van der Waals surface area contributed by atoms with E-state index in [1.807, 2.05) is 24.3 Å². The van der Waals surface area contributed by atoms with Gasteiger partial charge in [0.15, 0.2) is 0 Å². The predicted octanol–water partition coefficient (Wildman–Crippen LogP) is 2.31. The van der Waals surface area contributed by atoms with Crippen molar-refractivity contribution >= 4 is 11.6 Å². The minimum Gasteiger partial charge on any atom is -0.327 e. The third kappa shape index (κ3) is 2.86. The molecule has 0 aromatic heterocycles. The van der Waals surface area contributed by atoms with Crippen LogP contribution in [0.4, 0.5) is 5.69 Å². The lowest BCUT2D eigenvalue weighted by atomic mass is 10.0. The van der Waals surface area contributed by atoms with Crippen molar-refractivity contribution in [1.82, 2.24) is 0 Å². The zero-order valence-electron chi connectivity index (χ0n) is 10.3. The summed E-state index contributed by atoms with van der Waals surface area (Å²) in [6.45, 7) is 2.12. The van der Waals surface area contributed by atoms with E-state index in [0.717, 1.165) is 31.4 Å². The summed E-state index contributed by atoms with van der Waals surface area (Å²) in [5.41, 5.74) is 8.06. The van der Waals surface area contributed by atoms with Gasteiger partial charge in [0.05, 0.1) is 5.92 Å². The second-order valence-electron chi connectivity index (χ2n) is 4.74. The number of amides is 1. The van der Waals surface area contributed by atoms with Gasteiger partial charge in [-0.25, -0.2) is 0 Å². The summed E-state index contributed by atoms with van der Waals surface area (Å²) < 4.78 is 0. The van der Waals surface area contributed by atoms with Gasteiger partial charge in [-0.3, -0.25) is 4.79 Å². The van der Waals surface area contributed by atoms with E-state index in [9.17, 15) is 4.79 Å². The van der Waals surface area contributed by atoms with Crippen LogP contribution < -0.4 is 11.1 Å². The molecule has 92 valence electrons. The third-order valence-corrected chi connectivity index (χ3v) is 3.54. The molecule has 0 aliphatic heterocycles. The zero-order valence-corrected chi connectivity index (χ0v) is 10.3. The molecule has 17 heavy (non-hydrogen) atoms. The van der Waals surface area contributed by atoms with Gasteiger partial charge >= 0.3 is 0 Å². The third-order valence-electron chi connectivity index (χ3n) is 3.54. The van der Waals surface area contributed by atoms with Crippen molar-refractivity contribution in [3.63, 3.8) is 0 Å². The number of nitrogens with two attached hydrogens (primary N) is 1. The van der Waals surface area contributed by atoms with Crippen LogP contribution in [0.2, 0.25) is 0 Å². The van der Waals surface area contributed by atoms with E-state index in [4.69, 9.17) is 5.73 Å². The molecule has 2 unspecified atom stereocenters. The average molecular weight is 232 g/mol. The summed E-state index contributed by atoms with van der Waals surface area (Å²) >= 11 is 0. The van der Waals surface area contributed by atoms with Gasteiger partial charge in [-0.2, -0.15) is 0 Å². The molecule has 1 fully saturated rings. The largest absolute Gasteiger partial charge is 0.327 e. The van der Waals surface area contributed by atoms with Crippen LogP contribution in [0.15, 0.2) is 24.3 Å². The number of anilines is 1. The van der Waals surface area contributed by atoms with Crippen molar-refractivity contribution in [2.24, 2.45) is 11.7 Å². The molecule has 1 aliphatic rings.